The number of thioether (sulfide) groups is 1. The zero-order valence-electron chi connectivity index (χ0n) is 18.1. The number of nitriles is 1. The molecule has 2 aliphatic rings. The molecule has 0 saturated heterocycles. The zero-order chi connectivity index (χ0) is 24.7. The summed E-state index contributed by atoms with van der Waals surface area (Å²) in [5.74, 6) is 2.47. The second-order valence-electron chi connectivity index (χ2n) is 7.86. The molecule has 3 aromatic rings. The van der Waals surface area contributed by atoms with Gasteiger partial charge in [0.05, 0.1) is 17.7 Å². The molecule has 1 aromatic heterocycles. The average molecular weight is 501 g/mol. The maximum absolute atomic E-state index is 14.0. The van der Waals surface area contributed by atoms with Crippen LogP contribution in [0.4, 0.5) is 11.5 Å². The van der Waals surface area contributed by atoms with Crippen LogP contribution in [-0.2, 0) is 16.0 Å². The Balaban J connectivity index is 1.69. The summed E-state index contributed by atoms with van der Waals surface area (Å²) < 4.78 is 0. The van der Waals surface area contributed by atoms with E-state index in [1.165, 1.54) is 16.7 Å². The smallest absolute Gasteiger partial charge is 0.258 e. The number of amides is 1. The van der Waals surface area contributed by atoms with Crippen LogP contribution in [0.3, 0.4) is 0 Å². The van der Waals surface area contributed by atoms with Crippen molar-refractivity contribution in [2.45, 2.75) is 16.3 Å². The van der Waals surface area contributed by atoms with Crippen LogP contribution in [0.2, 0.25) is 5.02 Å². The van der Waals surface area contributed by atoms with Crippen molar-refractivity contribution in [1.82, 2.24) is 9.97 Å². The summed E-state index contributed by atoms with van der Waals surface area (Å²) in [7, 11) is 0. The van der Waals surface area contributed by atoms with Gasteiger partial charge in [0, 0.05) is 22.0 Å². The minimum atomic E-state index is -1.76. The predicted molar refractivity (Wildman–Crippen MR) is 135 cm³/mol. The third kappa shape index (κ3) is 3.28. The SMILES string of the molecule is C#CCN1C(=O)[C@@]2(C(C#N)=C(N)Nc3nc(SCc4ccccc4Cl)[nH]c(=O)c32)c2ccccc21. The number of nitrogens with two attached hydrogens (primary N) is 1. The van der Waals surface area contributed by atoms with Crippen LogP contribution in [-0.4, -0.2) is 22.4 Å². The molecule has 1 atom stereocenters. The van der Waals surface area contributed by atoms with Gasteiger partial charge in [-0.3, -0.25) is 14.5 Å². The number of benzene rings is 2. The number of aromatic amines is 1. The third-order valence-electron chi connectivity index (χ3n) is 6.02. The van der Waals surface area contributed by atoms with Crippen molar-refractivity contribution >= 4 is 40.8 Å². The summed E-state index contributed by atoms with van der Waals surface area (Å²) in [4.78, 5) is 36.2. The minimum absolute atomic E-state index is 0.00214. The fraction of sp³-hybridized carbons (Fsp3) is 0.120. The number of H-pyrrole nitrogens is 1. The van der Waals surface area contributed by atoms with E-state index in [4.69, 9.17) is 23.8 Å². The van der Waals surface area contributed by atoms with Crippen LogP contribution in [0, 0.1) is 23.7 Å². The number of hydrogen-bond acceptors (Lipinski definition) is 7. The summed E-state index contributed by atoms with van der Waals surface area (Å²) in [5.41, 5.74) is 5.68. The van der Waals surface area contributed by atoms with E-state index in [1.54, 1.807) is 30.3 Å². The molecule has 2 aliphatic heterocycles. The van der Waals surface area contributed by atoms with Gasteiger partial charge < -0.3 is 16.0 Å². The maximum atomic E-state index is 14.0. The second kappa shape index (κ2) is 8.55. The number of hydrogen-bond donors (Lipinski definition) is 3. The van der Waals surface area contributed by atoms with Gasteiger partial charge in [0.25, 0.3) is 5.56 Å². The van der Waals surface area contributed by atoms with Crippen LogP contribution in [0.15, 0.2) is 69.9 Å². The number of carbonyl (C=O) groups excluding carboxylic acids is 1. The van der Waals surface area contributed by atoms with Crippen molar-refractivity contribution in [2.75, 3.05) is 16.8 Å². The van der Waals surface area contributed by atoms with E-state index in [9.17, 15) is 14.9 Å². The van der Waals surface area contributed by atoms with Crippen LogP contribution in [0.1, 0.15) is 16.7 Å². The average Bonchev–Trinajstić information content (AvgIpc) is 3.07. The highest BCUT2D eigenvalue weighted by Gasteiger charge is 2.60. The molecule has 3 heterocycles. The Hall–Kier alpha value is -4.18. The highest BCUT2D eigenvalue weighted by Crippen LogP contribution is 2.53. The topological polar surface area (TPSA) is 128 Å². The lowest BCUT2D eigenvalue weighted by Gasteiger charge is -2.33. The first-order valence-corrected chi connectivity index (χ1v) is 11.8. The molecule has 0 radical (unpaired) electrons. The van der Waals surface area contributed by atoms with E-state index in [0.717, 1.165) is 5.56 Å². The van der Waals surface area contributed by atoms with E-state index >= 15 is 0 Å². The first-order valence-electron chi connectivity index (χ1n) is 10.5. The van der Waals surface area contributed by atoms with Gasteiger partial charge in [-0.25, -0.2) is 4.98 Å². The van der Waals surface area contributed by atoms with Gasteiger partial charge in [-0.2, -0.15) is 5.26 Å². The van der Waals surface area contributed by atoms with Gasteiger partial charge in [0.2, 0.25) is 5.91 Å². The molecule has 0 saturated carbocycles. The number of rotatable bonds is 4. The van der Waals surface area contributed by atoms with Crippen molar-refractivity contribution in [3.8, 4) is 18.4 Å². The number of nitrogens with one attached hydrogen (secondary N) is 2. The molecule has 1 amide bonds. The number of halogens is 1. The number of anilines is 2. The molecule has 10 heteroatoms. The Kier molecular flexibility index (Phi) is 5.52. The van der Waals surface area contributed by atoms with Gasteiger partial charge in [-0.15, -0.1) is 6.42 Å². The number of aromatic nitrogens is 2. The monoisotopic (exact) mass is 500 g/mol. The second-order valence-corrected chi connectivity index (χ2v) is 9.23. The molecule has 8 nitrogen and oxygen atoms in total. The zero-order valence-corrected chi connectivity index (χ0v) is 19.7. The predicted octanol–water partition coefficient (Wildman–Crippen LogP) is 3.10. The van der Waals surface area contributed by atoms with Crippen molar-refractivity contribution in [3.63, 3.8) is 0 Å². The van der Waals surface area contributed by atoms with E-state index in [-0.39, 0.29) is 29.3 Å². The van der Waals surface area contributed by atoms with Crippen molar-refractivity contribution in [1.29, 1.82) is 5.26 Å². The largest absolute Gasteiger partial charge is 0.384 e. The van der Waals surface area contributed by atoms with Gasteiger partial charge in [-0.05, 0) is 17.7 Å². The molecular formula is C25H17ClN6O2S. The van der Waals surface area contributed by atoms with Crippen molar-refractivity contribution < 1.29 is 4.79 Å². The highest BCUT2D eigenvalue weighted by molar-refractivity contribution is 7.98. The molecule has 2 aromatic carbocycles. The Morgan fingerprint density at radius 3 is 2.69 bits per heavy atom. The summed E-state index contributed by atoms with van der Waals surface area (Å²) >= 11 is 7.52. The van der Waals surface area contributed by atoms with Crippen LogP contribution in [0.25, 0.3) is 0 Å². The van der Waals surface area contributed by atoms with E-state index < -0.39 is 16.9 Å². The molecule has 0 bridgehead atoms. The summed E-state index contributed by atoms with van der Waals surface area (Å²) in [6.45, 7) is -0.0317. The number of carbonyl (C=O) groups is 1. The van der Waals surface area contributed by atoms with Gasteiger partial charge >= 0.3 is 0 Å². The first kappa shape index (κ1) is 22.6. The fourth-order valence-electron chi connectivity index (χ4n) is 4.57. The molecule has 1 spiro atoms. The Bertz CT molecular complexity index is 1570. The van der Waals surface area contributed by atoms with Crippen LogP contribution < -0.4 is 21.5 Å². The van der Waals surface area contributed by atoms with Crippen LogP contribution in [0.5, 0.6) is 0 Å². The van der Waals surface area contributed by atoms with Crippen molar-refractivity contribution in [3.05, 3.63) is 92.0 Å². The molecule has 5 rings (SSSR count). The summed E-state index contributed by atoms with van der Waals surface area (Å²) in [6.07, 6.45) is 5.53. The van der Waals surface area contributed by atoms with E-state index in [1.807, 2.05) is 24.3 Å². The number of para-hydroxylation sites is 1. The first-order chi connectivity index (χ1) is 16.9. The molecule has 35 heavy (non-hydrogen) atoms. The maximum Gasteiger partial charge on any atom is 0.258 e. The lowest BCUT2D eigenvalue weighted by molar-refractivity contribution is -0.120. The quantitative estimate of drug-likeness (QED) is 0.285. The number of terminal acetylenes is 1. The van der Waals surface area contributed by atoms with Crippen molar-refractivity contribution in [2.24, 2.45) is 5.73 Å². The summed E-state index contributed by atoms with van der Waals surface area (Å²) in [6, 6.07) is 16.3. The molecule has 4 N–H and O–H groups in total. The van der Waals surface area contributed by atoms with Gasteiger partial charge in [0.15, 0.2) is 5.16 Å². The summed E-state index contributed by atoms with van der Waals surface area (Å²) in [5, 5.41) is 13.8. The van der Waals surface area contributed by atoms with E-state index in [0.29, 0.717) is 27.2 Å². The molecule has 0 fully saturated rings. The Morgan fingerprint density at radius 2 is 1.94 bits per heavy atom. The number of nitrogens with zero attached hydrogens (tertiary/aromatic N) is 3. The molecular weight excluding hydrogens is 484 g/mol. The van der Waals surface area contributed by atoms with Crippen LogP contribution >= 0.6 is 23.4 Å². The lowest BCUT2D eigenvalue weighted by Crippen LogP contribution is -2.49. The molecule has 172 valence electrons. The van der Waals surface area contributed by atoms with Gasteiger partial charge in [-0.1, -0.05) is 65.7 Å². The molecule has 0 aliphatic carbocycles. The van der Waals surface area contributed by atoms with E-state index in [2.05, 4.69) is 21.2 Å². The standard InChI is InChI=1S/C25H17ClN6O2S/c1-2-11-32-18-10-6-4-8-15(18)25(23(32)34)16(12-27)20(28)29-21-19(25)22(33)31-24(30-21)35-13-14-7-3-5-9-17(14)26/h1,3-10H,11,13,28H2,(H2,29,30,31,33)/t25-/m1/s1. The fourth-order valence-corrected chi connectivity index (χ4v) is 5.71. The molecule has 0 unspecified atom stereocenters. The Morgan fingerprint density at radius 1 is 1.20 bits per heavy atom. The number of fused-ring (bicyclic) bond motifs is 4. The Labute approximate surface area is 209 Å². The third-order valence-corrected chi connectivity index (χ3v) is 7.31. The van der Waals surface area contributed by atoms with Gasteiger partial charge in [0.1, 0.15) is 23.1 Å². The highest BCUT2D eigenvalue weighted by atomic mass is 35.5. The minimum Gasteiger partial charge on any atom is -0.384 e. The normalized spacial score (nSPS) is 18.0. The lowest BCUT2D eigenvalue weighted by atomic mass is 9.69.